The van der Waals surface area contributed by atoms with Gasteiger partial charge in [0.15, 0.2) is 0 Å². The van der Waals surface area contributed by atoms with Crippen LogP contribution in [0, 0.1) is 0 Å². The molecule has 3 rings (SSSR count). The smallest absolute Gasteiger partial charge is 0.136 e. The van der Waals surface area contributed by atoms with Crippen molar-refractivity contribution in [1.29, 1.82) is 0 Å². The molecule has 0 atom stereocenters. The molecule has 0 aliphatic heterocycles. The van der Waals surface area contributed by atoms with Crippen molar-refractivity contribution in [2.24, 2.45) is 5.73 Å². The molecular formula is C15H21N3O. The largest absolute Gasteiger partial charge is 0.371 e. The van der Waals surface area contributed by atoms with Crippen molar-refractivity contribution >= 4 is 11.0 Å². The third kappa shape index (κ3) is 2.51. The number of nitrogens with two attached hydrogens (primary N) is 1. The lowest BCUT2D eigenvalue weighted by Crippen LogP contribution is -2.08. The van der Waals surface area contributed by atoms with Gasteiger partial charge < -0.3 is 15.0 Å². The zero-order chi connectivity index (χ0) is 13.4. The number of ether oxygens (including phenoxy) is 1. The van der Waals surface area contributed by atoms with Crippen LogP contribution in [0.1, 0.15) is 44.1 Å². The molecule has 19 heavy (non-hydrogen) atoms. The third-order valence-corrected chi connectivity index (χ3v) is 3.52. The number of benzene rings is 1. The van der Waals surface area contributed by atoms with Crippen molar-refractivity contribution in [3.05, 3.63) is 29.6 Å². The first kappa shape index (κ1) is 12.6. The summed E-state index contributed by atoms with van der Waals surface area (Å²) in [6.45, 7) is 5.25. The van der Waals surface area contributed by atoms with Crippen molar-refractivity contribution in [2.75, 3.05) is 0 Å². The lowest BCUT2D eigenvalue weighted by atomic mass is 10.2. The van der Waals surface area contributed by atoms with Crippen LogP contribution >= 0.6 is 0 Å². The second-order valence-electron chi connectivity index (χ2n) is 5.52. The van der Waals surface area contributed by atoms with Crippen LogP contribution in [0.2, 0.25) is 0 Å². The Balaban J connectivity index is 2.01. The molecule has 2 N–H and O–H groups in total. The van der Waals surface area contributed by atoms with Gasteiger partial charge >= 0.3 is 0 Å². The topological polar surface area (TPSA) is 53.1 Å². The van der Waals surface area contributed by atoms with E-state index >= 15 is 0 Å². The van der Waals surface area contributed by atoms with Crippen LogP contribution in [-0.2, 0) is 17.9 Å². The number of hydrogen-bond acceptors (Lipinski definition) is 3. The van der Waals surface area contributed by atoms with Crippen LogP contribution in [0.4, 0.5) is 0 Å². The standard InChI is InChI=1S/C15H21N3O/c1-10(2)19-9-15-17-13-7-11(8-16)3-6-14(13)18(15)12-4-5-12/h3,6-7,10,12H,4-5,8-9,16H2,1-2H3. The molecule has 1 aromatic heterocycles. The molecule has 0 saturated heterocycles. The number of fused-ring (bicyclic) bond motifs is 1. The molecule has 1 heterocycles. The summed E-state index contributed by atoms with van der Waals surface area (Å²) in [6, 6.07) is 6.93. The molecule has 1 aliphatic carbocycles. The first-order valence-electron chi connectivity index (χ1n) is 7.00. The van der Waals surface area contributed by atoms with Gasteiger partial charge in [-0.1, -0.05) is 6.07 Å². The molecule has 0 spiro atoms. The minimum absolute atomic E-state index is 0.229. The Bertz CT molecular complexity index is 584. The molecule has 0 unspecified atom stereocenters. The first-order valence-corrected chi connectivity index (χ1v) is 7.00. The summed E-state index contributed by atoms with van der Waals surface area (Å²) in [4.78, 5) is 4.74. The van der Waals surface area contributed by atoms with Gasteiger partial charge in [0.25, 0.3) is 0 Å². The highest BCUT2D eigenvalue weighted by Gasteiger charge is 2.28. The van der Waals surface area contributed by atoms with Crippen LogP contribution in [0.25, 0.3) is 11.0 Å². The Morgan fingerprint density at radius 1 is 1.42 bits per heavy atom. The van der Waals surface area contributed by atoms with Gasteiger partial charge in [-0.3, -0.25) is 0 Å². The second kappa shape index (κ2) is 4.94. The zero-order valence-electron chi connectivity index (χ0n) is 11.6. The Morgan fingerprint density at radius 3 is 2.84 bits per heavy atom. The predicted molar refractivity (Wildman–Crippen MR) is 75.8 cm³/mol. The normalized spacial score (nSPS) is 15.6. The van der Waals surface area contributed by atoms with Gasteiger partial charge in [0.05, 0.1) is 17.1 Å². The number of imidazole rings is 1. The highest BCUT2D eigenvalue weighted by Crippen LogP contribution is 2.39. The molecule has 0 radical (unpaired) electrons. The summed E-state index contributed by atoms with van der Waals surface area (Å²) < 4.78 is 8.07. The van der Waals surface area contributed by atoms with Gasteiger partial charge in [0, 0.05) is 12.6 Å². The molecule has 0 bridgehead atoms. The summed E-state index contributed by atoms with van der Waals surface area (Å²) in [6.07, 6.45) is 2.73. The van der Waals surface area contributed by atoms with Crippen LogP contribution < -0.4 is 5.73 Å². The summed E-state index contributed by atoms with van der Waals surface area (Å²) >= 11 is 0. The number of hydrogen-bond donors (Lipinski definition) is 1. The van der Waals surface area contributed by atoms with Crippen LogP contribution in [0.15, 0.2) is 18.2 Å². The van der Waals surface area contributed by atoms with E-state index in [1.54, 1.807) is 0 Å². The van der Waals surface area contributed by atoms with E-state index < -0.39 is 0 Å². The molecule has 102 valence electrons. The Kier molecular flexibility index (Phi) is 3.29. The van der Waals surface area contributed by atoms with E-state index in [9.17, 15) is 0 Å². The third-order valence-electron chi connectivity index (χ3n) is 3.52. The molecule has 0 amide bonds. The Morgan fingerprint density at radius 2 is 2.21 bits per heavy atom. The van der Waals surface area contributed by atoms with E-state index in [0.29, 0.717) is 19.2 Å². The van der Waals surface area contributed by atoms with Gasteiger partial charge in [0.1, 0.15) is 12.4 Å². The number of nitrogens with zero attached hydrogens (tertiary/aromatic N) is 2. The molecule has 4 heteroatoms. The van der Waals surface area contributed by atoms with Crippen molar-refractivity contribution in [3.8, 4) is 0 Å². The highest BCUT2D eigenvalue weighted by atomic mass is 16.5. The van der Waals surface area contributed by atoms with E-state index in [1.165, 1.54) is 18.4 Å². The molecule has 1 aliphatic rings. The molecular weight excluding hydrogens is 238 g/mol. The average Bonchev–Trinajstić information content (AvgIpc) is 3.16. The maximum absolute atomic E-state index is 5.72. The zero-order valence-corrected chi connectivity index (χ0v) is 11.6. The SMILES string of the molecule is CC(C)OCc1nc2cc(CN)ccc2n1C1CC1. The van der Waals surface area contributed by atoms with E-state index in [2.05, 4.69) is 36.6 Å². The fraction of sp³-hybridized carbons (Fsp3) is 0.533. The maximum Gasteiger partial charge on any atom is 0.136 e. The summed E-state index contributed by atoms with van der Waals surface area (Å²) in [5, 5.41) is 0. The van der Waals surface area contributed by atoms with Crippen LogP contribution in [-0.4, -0.2) is 15.7 Å². The number of aromatic nitrogens is 2. The Labute approximate surface area is 113 Å². The molecule has 4 nitrogen and oxygen atoms in total. The highest BCUT2D eigenvalue weighted by molar-refractivity contribution is 5.77. The molecule has 1 saturated carbocycles. The van der Waals surface area contributed by atoms with E-state index in [-0.39, 0.29) is 6.10 Å². The fourth-order valence-corrected chi connectivity index (χ4v) is 2.40. The van der Waals surface area contributed by atoms with Crippen molar-refractivity contribution in [3.63, 3.8) is 0 Å². The maximum atomic E-state index is 5.72. The average molecular weight is 259 g/mol. The van der Waals surface area contributed by atoms with Gasteiger partial charge in [-0.2, -0.15) is 0 Å². The van der Waals surface area contributed by atoms with Crippen LogP contribution in [0.5, 0.6) is 0 Å². The van der Waals surface area contributed by atoms with Crippen LogP contribution in [0.3, 0.4) is 0 Å². The molecule has 1 fully saturated rings. The number of rotatable bonds is 5. The van der Waals surface area contributed by atoms with Crippen molar-refractivity contribution in [2.45, 2.75) is 52.0 Å². The van der Waals surface area contributed by atoms with Crippen molar-refractivity contribution < 1.29 is 4.74 Å². The second-order valence-corrected chi connectivity index (χ2v) is 5.52. The summed E-state index contributed by atoms with van der Waals surface area (Å²) in [7, 11) is 0. The summed E-state index contributed by atoms with van der Waals surface area (Å²) in [5.74, 6) is 1.04. The fourth-order valence-electron chi connectivity index (χ4n) is 2.40. The molecule has 2 aromatic rings. The van der Waals surface area contributed by atoms with Gasteiger partial charge in [0.2, 0.25) is 0 Å². The lowest BCUT2D eigenvalue weighted by molar-refractivity contribution is 0.0597. The van der Waals surface area contributed by atoms with E-state index in [1.807, 2.05) is 0 Å². The monoisotopic (exact) mass is 259 g/mol. The van der Waals surface area contributed by atoms with Gasteiger partial charge in [-0.25, -0.2) is 4.98 Å². The first-order chi connectivity index (χ1) is 9.19. The Hall–Kier alpha value is -1.39. The minimum atomic E-state index is 0.229. The predicted octanol–water partition coefficient (Wildman–Crippen LogP) is 2.75. The van der Waals surface area contributed by atoms with Crippen molar-refractivity contribution in [1.82, 2.24) is 9.55 Å². The van der Waals surface area contributed by atoms with Gasteiger partial charge in [-0.05, 0) is 44.4 Å². The minimum Gasteiger partial charge on any atom is -0.371 e. The quantitative estimate of drug-likeness (QED) is 0.898. The van der Waals surface area contributed by atoms with E-state index in [0.717, 1.165) is 16.9 Å². The lowest BCUT2D eigenvalue weighted by Gasteiger charge is -2.10. The van der Waals surface area contributed by atoms with E-state index in [4.69, 9.17) is 15.5 Å². The summed E-state index contributed by atoms with van der Waals surface area (Å²) in [5.41, 5.74) is 9.08. The van der Waals surface area contributed by atoms with Gasteiger partial charge in [-0.15, -0.1) is 0 Å². The molecule has 1 aromatic carbocycles.